The molecule has 13 heavy (non-hydrogen) atoms. The molecule has 68 valence electrons. The zero-order chi connectivity index (χ0) is 9.42. The van der Waals surface area contributed by atoms with Crippen molar-refractivity contribution in [3.63, 3.8) is 0 Å². The molecule has 1 aliphatic heterocycles. The second-order valence-corrected chi connectivity index (χ2v) is 4.93. The normalized spacial score (nSPS) is 20.8. The summed E-state index contributed by atoms with van der Waals surface area (Å²) in [7, 11) is 0. The minimum Gasteiger partial charge on any atom is -0.351 e. The van der Waals surface area contributed by atoms with Crippen molar-refractivity contribution in [3.05, 3.63) is 33.8 Å². The highest BCUT2D eigenvalue weighted by molar-refractivity contribution is 9.10. The van der Waals surface area contributed by atoms with Gasteiger partial charge in [0.1, 0.15) is 0 Å². The molecule has 2 rings (SSSR count). The number of hydrogen-bond acceptors (Lipinski definition) is 1. The molecular weight excluding hydrogens is 298 g/mol. The molecule has 0 radical (unpaired) electrons. The van der Waals surface area contributed by atoms with Gasteiger partial charge in [-0.1, -0.05) is 37.9 Å². The molecule has 1 heterocycles. The Morgan fingerprint density at radius 3 is 3.00 bits per heavy atom. The van der Waals surface area contributed by atoms with Gasteiger partial charge >= 0.3 is 0 Å². The first-order valence-corrected chi connectivity index (χ1v) is 5.61. The van der Waals surface area contributed by atoms with Gasteiger partial charge in [-0.2, -0.15) is 0 Å². The van der Waals surface area contributed by atoms with Gasteiger partial charge in [0.25, 0.3) is 5.91 Å². The van der Waals surface area contributed by atoms with Gasteiger partial charge in [0.15, 0.2) is 0 Å². The molecule has 0 aromatic heterocycles. The average molecular weight is 305 g/mol. The van der Waals surface area contributed by atoms with Crippen molar-refractivity contribution in [2.24, 2.45) is 0 Å². The number of fused-ring (bicyclic) bond motifs is 1. The molecule has 0 fully saturated rings. The monoisotopic (exact) mass is 303 g/mol. The van der Waals surface area contributed by atoms with Crippen LogP contribution in [0.4, 0.5) is 0 Å². The van der Waals surface area contributed by atoms with E-state index in [1.54, 1.807) is 0 Å². The summed E-state index contributed by atoms with van der Waals surface area (Å²) < 4.78 is 0.933. The number of nitrogens with one attached hydrogen (secondary N) is 1. The summed E-state index contributed by atoms with van der Waals surface area (Å²) in [6, 6.07) is 5.77. The van der Waals surface area contributed by atoms with Gasteiger partial charge < -0.3 is 5.32 Å². The van der Waals surface area contributed by atoms with Crippen LogP contribution in [-0.2, 0) is 0 Å². The van der Waals surface area contributed by atoms with Gasteiger partial charge in [-0.15, -0.1) is 0 Å². The number of carbonyl (C=O) groups excluding carboxylic acids is 1. The second kappa shape index (κ2) is 3.42. The van der Waals surface area contributed by atoms with Crippen LogP contribution in [0.5, 0.6) is 0 Å². The highest BCUT2D eigenvalue weighted by Gasteiger charge is 2.22. The molecule has 1 aliphatic rings. The van der Waals surface area contributed by atoms with Gasteiger partial charge in [-0.3, -0.25) is 4.79 Å². The third-order valence-corrected chi connectivity index (χ3v) is 3.35. The first kappa shape index (κ1) is 9.21. The molecular formula is C9H7Br2NO. The summed E-state index contributed by atoms with van der Waals surface area (Å²) in [6.45, 7) is 0.660. The van der Waals surface area contributed by atoms with E-state index in [1.807, 2.05) is 18.2 Å². The third kappa shape index (κ3) is 1.65. The molecule has 0 saturated heterocycles. The Labute approximate surface area is 93.0 Å². The summed E-state index contributed by atoms with van der Waals surface area (Å²) in [5.41, 5.74) is 1.81. The Kier molecular flexibility index (Phi) is 2.43. The molecule has 1 unspecified atom stereocenters. The maximum absolute atomic E-state index is 11.4. The van der Waals surface area contributed by atoms with E-state index in [0.717, 1.165) is 15.6 Å². The summed E-state index contributed by atoms with van der Waals surface area (Å²) >= 11 is 6.85. The quantitative estimate of drug-likeness (QED) is 0.734. The molecule has 0 aliphatic carbocycles. The van der Waals surface area contributed by atoms with Crippen LogP contribution in [0.1, 0.15) is 20.7 Å². The SMILES string of the molecule is O=C1NCC(Br)c2ccc(Br)cc21. The van der Waals surface area contributed by atoms with Gasteiger partial charge in [-0.05, 0) is 17.7 Å². The molecule has 1 aromatic carbocycles. The first-order valence-electron chi connectivity index (χ1n) is 3.90. The van der Waals surface area contributed by atoms with E-state index in [1.165, 1.54) is 0 Å². The van der Waals surface area contributed by atoms with Crippen LogP contribution in [0.2, 0.25) is 0 Å². The van der Waals surface area contributed by atoms with Crippen LogP contribution >= 0.6 is 31.9 Å². The third-order valence-electron chi connectivity index (χ3n) is 2.04. The smallest absolute Gasteiger partial charge is 0.251 e. The number of benzene rings is 1. The van der Waals surface area contributed by atoms with Crippen molar-refractivity contribution in [1.29, 1.82) is 0 Å². The van der Waals surface area contributed by atoms with Gasteiger partial charge in [0.05, 0.1) is 4.83 Å². The van der Waals surface area contributed by atoms with Crippen LogP contribution in [0, 0.1) is 0 Å². The second-order valence-electron chi connectivity index (χ2n) is 2.91. The number of alkyl halides is 1. The van der Waals surface area contributed by atoms with Crippen molar-refractivity contribution < 1.29 is 4.79 Å². The number of halogens is 2. The van der Waals surface area contributed by atoms with Crippen LogP contribution in [0.15, 0.2) is 22.7 Å². The lowest BCUT2D eigenvalue weighted by Crippen LogP contribution is -2.32. The summed E-state index contributed by atoms with van der Waals surface area (Å²) in [4.78, 5) is 11.7. The summed E-state index contributed by atoms with van der Waals surface area (Å²) in [5.74, 6) is 0.00648. The molecule has 0 bridgehead atoms. The predicted octanol–water partition coefficient (Wildman–Crippen LogP) is 2.63. The highest BCUT2D eigenvalue weighted by atomic mass is 79.9. The topological polar surface area (TPSA) is 29.1 Å². The zero-order valence-corrected chi connectivity index (χ0v) is 9.85. The van der Waals surface area contributed by atoms with E-state index >= 15 is 0 Å². The molecule has 0 spiro atoms. The van der Waals surface area contributed by atoms with Crippen molar-refractivity contribution in [2.45, 2.75) is 4.83 Å². The number of rotatable bonds is 0. The maximum atomic E-state index is 11.4. The van der Waals surface area contributed by atoms with E-state index in [2.05, 4.69) is 37.2 Å². The van der Waals surface area contributed by atoms with E-state index in [-0.39, 0.29) is 10.7 Å². The lowest BCUT2D eigenvalue weighted by atomic mass is 10.0. The fourth-order valence-electron chi connectivity index (χ4n) is 1.39. The fourth-order valence-corrected chi connectivity index (χ4v) is 2.31. The lowest BCUT2D eigenvalue weighted by Gasteiger charge is -2.21. The van der Waals surface area contributed by atoms with Gasteiger partial charge in [-0.25, -0.2) is 0 Å². The van der Waals surface area contributed by atoms with E-state index < -0.39 is 0 Å². The summed E-state index contributed by atoms with van der Waals surface area (Å²) in [6.07, 6.45) is 0. The van der Waals surface area contributed by atoms with Crippen LogP contribution in [-0.4, -0.2) is 12.5 Å². The Morgan fingerprint density at radius 1 is 1.46 bits per heavy atom. The summed E-state index contributed by atoms with van der Waals surface area (Å²) in [5, 5.41) is 2.81. The molecule has 1 aromatic rings. The van der Waals surface area contributed by atoms with Crippen molar-refractivity contribution in [1.82, 2.24) is 5.32 Å². The highest BCUT2D eigenvalue weighted by Crippen LogP contribution is 2.30. The lowest BCUT2D eigenvalue weighted by molar-refractivity contribution is 0.0945. The zero-order valence-electron chi connectivity index (χ0n) is 6.68. The van der Waals surface area contributed by atoms with Crippen LogP contribution in [0.25, 0.3) is 0 Å². The molecule has 2 nitrogen and oxygen atoms in total. The van der Waals surface area contributed by atoms with Crippen molar-refractivity contribution >= 4 is 37.8 Å². The Hall–Kier alpha value is -0.350. The molecule has 1 amide bonds. The maximum Gasteiger partial charge on any atom is 0.251 e. The Bertz CT molecular complexity index is 365. The Morgan fingerprint density at radius 2 is 2.23 bits per heavy atom. The molecule has 1 N–H and O–H groups in total. The minimum absolute atomic E-state index is 0.00648. The molecule has 0 saturated carbocycles. The first-order chi connectivity index (χ1) is 6.18. The number of hydrogen-bond donors (Lipinski definition) is 1. The van der Waals surface area contributed by atoms with Crippen LogP contribution in [0.3, 0.4) is 0 Å². The van der Waals surface area contributed by atoms with Crippen molar-refractivity contribution in [3.8, 4) is 0 Å². The van der Waals surface area contributed by atoms with E-state index in [0.29, 0.717) is 6.54 Å². The predicted molar refractivity (Wildman–Crippen MR) is 58.1 cm³/mol. The Balaban J connectivity index is 2.57. The molecule has 1 atom stereocenters. The standard InChI is InChI=1S/C9H7Br2NO/c10-5-1-2-6-7(3-5)9(13)12-4-8(6)11/h1-3,8H,4H2,(H,12,13). The largest absolute Gasteiger partial charge is 0.351 e. The average Bonchev–Trinajstić information content (AvgIpc) is 2.12. The van der Waals surface area contributed by atoms with E-state index in [4.69, 9.17) is 0 Å². The number of amides is 1. The number of carbonyl (C=O) groups is 1. The van der Waals surface area contributed by atoms with Crippen molar-refractivity contribution in [2.75, 3.05) is 6.54 Å². The van der Waals surface area contributed by atoms with Gasteiger partial charge in [0, 0.05) is 16.6 Å². The van der Waals surface area contributed by atoms with Gasteiger partial charge in [0.2, 0.25) is 0 Å². The molecule has 4 heteroatoms. The fraction of sp³-hybridized carbons (Fsp3) is 0.222. The van der Waals surface area contributed by atoms with Crippen LogP contribution < -0.4 is 5.32 Å². The van der Waals surface area contributed by atoms with E-state index in [9.17, 15) is 4.79 Å². The minimum atomic E-state index is 0.00648.